The highest BCUT2D eigenvalue weighted by Crippen LogP contribution is 2.46. The van der Waals surface area contributed by atoms with Gasteiger partial charge in [0.2, 0.25) is 0 Å². The van der Waals surface area contributed by atoms with Crippen molar-refractivity contribution >= 4 is 6.09 Å². The quantitative estimate of drug-likeness (QED) is 0.611. The number of hydrogen-bond acceptors (Lipinski definition) is 4. The fourth-order valence-electron chi connectivity index (χ4n) is 5.74. The maximum absolute atomic E-state index is 12.8. The number of piperidine rings is 3. The summed E-state index contributed by atoms with van der Waals surface area (Å²) in [4.78, 5) is 15.2. The lowest BCUT2D eigenvalue weighted by Crippen LogP contribution is -2.53. The number of nitrogens with one attached hydrogen (secondary N) is 1. The number of alkyl carbamates (subject to hydrolysis) is 1. The van der Waals surface area contributed by atoms with Gasteiger partial charge in [0.25, 0.3) is 6.43 Å². The molecule has 3 heterocycles. The third-order valence-corrected chi connectivity index (χ3v) is 7.56. The summed E-state index contributed by atoms with van der Waals surface area (Å²) in [6.07, 6.45) is 0.232. The molecule has 0 saturated carbocycles. The first kappa shape index (κ1) is 23.1. The van der Waals surface area contributed by atoms with Crippen LogP contribution in [0.1, 0.15) is 43.9 Å². The van der Waals surface area contributed by atoms with Gasteiger partial charge in [0.1, 0.15) is 18.5 Å². The molecule has 5 nitrogen and oxygen atoms in total. The molecule has 2 aromatic rings. The van der Waals surface area contributed by atoms with E-state index in [2.05, 4.69) is 36.2 Å². The molecule has 4 aliphatic rings. The number of amides is 1. The van der Waals surface area contributed by atoms with Gasteiger partial charge in [-0.05, 0) is 78.1 Å². The zero-order valence-corrected chi connectivity index (χ0v) is 19.7. The first-order chi connectivity index (χ1) is 16.3. The number of halogens is 2. The molecule has 6 rings (SSSR count). The smallest absolute Gasteiger partial charge is 0.407 e. The second-order valence-corrected chi connectivity index (χ2v) is 10.5. The maximum Gasteiger partial charge on any atom is 0.407 e. The summed E-state index contributed by atoms with van der Waals surface area (Å²) in [6.45, 7) is 6.80. The molecule has 7 heteroatoms. The summed E-state index contributed by atoms with van der Waals surface area (Å²) in [7, 11) is 0. The second kappa shape index (κ2) is 9.17. The van der Waals surface area contributed by atoms with Gasteiger partial charge in [-0.3, -0.25) is 4.90 Å². The summed E-state index contributed by atoms with van der Waals surface area (Å²) in [5.74, 6) is 0.909. The van der Waals surface area contributed by atoms with Crippen molar-refractivity contribution in [3.8, 4) is 16.9 Å². The number of benzene rings is 2. The van der Waals surface area contributed by atoms with Crippen LogP contribution in [0.3, 0.4) is 0 Å². The lowest BCUT2D eigenvalue weighted by Gasteiger charge is -2.44. The molecule has 3 aliphatic heterocycles. The van der Waals surface area contributed by atoms with Gasteiger partial charge < -0.3 is 14.8 Å². The Labute approximate surface area is 199 Å². The minimum absolute atomic E-state index is 0.0125. The Bertz CT molecular complexity index is 1030. The van der Waals surface area contributed by atoms with E-state index in [1.807, 2.05) is 18.2 Å². The summed E-state index contributed by atoms with van der Waals surface area (Å²) >= 11 is 0. The molecule has 182 valence electrons. The highest BCUT2D eigenvalue weighted by Gasteiger charge is 2.42. The Balaban J connectivity index is 1.27. The van der Waals surface area contributed by atoms with Crippen LogP contribution >= 0.6 is 0 Å². The van der Waals surface area contributed by atoms with Crippen molar-refractivity contribution in [1.82, 2.24) is 10.2 Å². The van der Waals surface area contributed by atoms with Crippen molar-refractivity contribution in [2.75, 3.05) is 26.2 Å². The van der Waals surface area contributed by atoms with Crippen LogP contribution in [0.2, 0.25) is 0 Å². The fraction of sp³-hybridized carbons (Fsp3) is 0.519. The number of nitrogens with zero attached hydrogens (tertiary/aromatic N) is 1. The summed E-state index contributed by atoms with van der Waals surface area (Å²) in [5, 5.41) is 3.16. The Hall–Kier alpha value is -2.67. The molecular weight excluding hydrogens is 438 g/mol. The molecule has 1 amide bonds. The Morgan fingerprint density at radius 1 is 1.12 bits per heavy atom. The standard InChI is InChI=1S/C27H32F2N2O3/c1-27(2)14-20-13-19(17-3-6-21(7-4-17)33-16-24(28)29)5-8-22(20)25(27)30-26(32)34-23-15-31-11-9-18(23)10-12-31/h3-8,13,18,23-25H,9-12,14-16H2,1-2H3,(H,30,32)/t23-,25?/m1/s1. The third kappa shape index (κ3) is 4.76. The number of hydrogen-bond donors (Lipinski definition) is 1. The molecule has 2 bridgehead atoms. The normalized spacial score (nSPS) is 26.9. The van der Waals surface area contributed by atoms with Crippen LogP contribution in [-0.4, -0.2) is 49.8 Å². The number of carbonyl (C=O) groups excluding carboxylic acids is 1. The van der Waals surface area contributed by atoms with Crippen LogP contribution in [0, 0.1) is 11.3 Å². The van der Waals surface area contributed by atoms with E-state index >= 15 is 0 Å². The molecule has 3 saturated heterocycles. The van der Waals surface area contributed by atoms with Gasteiger partial charge in [0.15, 0.2) is 0 Å². The largest absolute Gasteiger partial charge is 0.488 e. The number of ether oxygens (including phenoxy) is 2. The number of rotatable bonds is 6. The summed E-state index contributed by atoms with van der Waals surface area (Å²) in [6, 6.07) is 13.4. The molecule has 2 atom stereocenters. The number of fused-ring (bicyclic) bond motifs is 4. The van der Waals surface area contributed by atoms with Crippen LogP contribution < -0.4 is 10.1 Å². The minimum Gasteiger partial charge on any atom is -0.488 e. The molecule has 1 N–H and O–H groups in total. The van der Waals surface area contributed by atoms with Crippen molar-refractivity contribution in [2.24, 2.45) is 11.3 Å². The molecule has 0 spiro atoms. The minimum atomic E-state index is -2.49. The summed E-state index contributed by atoms with van der Waals surface area (Å²) < 4.78 is 35.7. The van der Waals surface area contributed by atoms with E-state index in [0.29, 0.717) is 11.7 Å². The average Bonchev–Trinajstić information content (AvgIpc) is 3.07. The molecular formula is C27H32F2N2O3. The zero-order chi connectivity index (χ0) is 23.9. The van der Waals surface area contributed by atoms with Crippen molar-refractivity contribution in [1.29, 1.82) is 0 Å². The maximum atomic E-state index is 12.8. The fourth-order valence-corrected chi connectivity index (χ4v) is 5.74. The van der Waals surface area contributed by atoms with Crippen molar-refractivity contribution < 1.29 is 23.0 Å². The lowest BCUT2D eigenvalue weighted by molar-refractivity contribution is -0.0348. The molecule has 1 unspecified atom stereocenters. The highest BCUT2D eigenvalue weighted by molar-refractivity contribution is 5.70. The Kier molecular flexibility index (Phi) is 6.23. The number of alkyl halides is 2. The predicted molar refractivity (Wildman–Crippen MR) is 126 cm³/mol. The van der Waals surface area contributed by atoms with E-state index < -0.39 is 13.0 Å². The van der Waals surface area contributed by atoms with Crippen LogP contribution in [0.5, 0.6) is 5.75 Å². The van der Waals surface area contributed by atoms with E-state index in [0.717, 1.165) is 55.6 Å². The topological polar surface area (TPSA) is 50.8 Å². The van der Waals surface area contributed by atoms with Gasteiger partial charge in [0.05, 0.1) is 6.04 Å². The molecule has 3 fully saturated rings. The average molecular weight is 471 g/mol. The van der Waals surface area contributed by atoms with Crippen LogP contribution in [-0.2, 0) is 11.2 Å². The predicted octanol–water partition coefficient (Wildman–Crippen LogP) is 5.44. The Morgan fingerprint density at radius 2 is 1.82 bits per heavy atom. The first-order valence-electron chi connectivity index (χ1n) is 12.1. The van der Waals surface area contributed by atoms with Crippen molar-refractivity contribution in [3.63, 3.8) is 0 Å². The van der Waals surface area contributed by atoms with Crippen LogP contribution in [0.15, 0.2) is 42.5 Å². The summed E-state index contributed by atoms with van der Waals surface area (Å²) in [5.41, 5.74) is 4.22. The van der Waals surface area contributed by atoms with E-state index in [1.165, 1.54) is 5.56 Å². The van der Waals surface area contributed by atoms with Gasteiger partial charge in [-0.1, -0.05) is 44.2 Å². The van der Waals surface area contributed by atoms with Gasteiger partial charge in [0, 0.05) is 6.54 Å². The second-order valence-electron chi connectivity index (χ2n) is 10.5. The van der Waals surface area contributed by atoms with Crippen LogP contribution in [0.4, 0.5) is 13.6 Å². The Morgan fingerprint density at radius 3 is 2.47 bits per heavy atom. The van der Waals surface area contributed by atoms with Crippen molar-refractivity contribution in [2.45, 2.75) is 51.7 Å². The molecule has 1 aliphatic carbocycles. The number of carbonyl (C=O) groups is 1. The van der Waals surface area contributed by atoms with E-state index in [1.54, 1.807) is 12.1 Å². The third-order valence-electron chi connectivity index (χ3n) is 7.56. The van der Waals surface area contributed by atoms with Gasteiger partial charge >= 0.3 is 6.09 Å². The molecule has 0 aromatic heterocycles. The van der Waals surface area contributed by atoms with E-state index in [-0.39, 0.29) is 23.7 Å². The molecule has 2 aromatic carbocycles. The first-order valence-corrected chi connectivity index (χ1v) is 12.1. The SMILES string of the molecule is CC1(C)Cc2cc(-c3ccc(OCC(F)F)cc3)ccc2C1NC(=O)O[C@@H]1CN2CCC1CC2. The molecule has 0 radical (unpaired) electrons. The zero-order valence-electron chi connectivity index (χ0n) is 19.7. The highest BCUT2D eigenvalue weighted by atomic mass is 19.3. The monoisotopic (exact) mass is 470 g/mol. The van der Waals surface area contributed by atoms with E-state index in [4.69, 9.17) is 9.47 Å². The van der Waals surface area contributed by atoms with Crippen LogP contribution in [0.25, 0.3) is 11.1 Å². The molecule has 34 heavy (non-hydrogen) atoms. The van der Waals surface area contributed by atoms with E-state index in [9.17, 15) is 13.6 Å². The van der Waals surface area contributed by atoms with Gasteiger partial charge in [-0.15, -0.1) is 0 Å². The van der Waals surface area contributed by atoms with Crippen molar-refractivity contribution in [3.05, 3.63) is 53.6 Å². The van der Waals surface area contributed by atoms with Gasteiger partial charge in [-0.2, -0.15) is 0 Å². The van der Waals surface area contributed by atoms with Gasteiger partial charge in [-0.25, -0.2) is 13.6 Å². The lowest BCUT2D eigenvalue weighted by atomic mass is 9.85.